The van der Waals surface area contributed by atoms with Gasteiger partial charge in [0, 0.05) is 37.1 Å². The van der Waals surface area contributed by atoms with Crippen LogP contribution < -0.4 is 4.74 Å². The van der Waals surface area contributed by atoms with Gasteiger partial charge in [0.1, 0.15) is 10.6 Å². The van der Waals surface area contributed by atoms with Crippen molar-refractivity contribution in [3.05, 3.63) is 46.8 Å². The first-order valence-corrected chi connectivity index (χ1v) is 12.1. The number of ether oxygens (including phenoxy) is 2. The van der Waals surface area contributed by atoms with Crippen LogP contribution in [0, 0.1) is 13.8 Å². The first-order chi connectivity index (χ1) is 15.2. The molecule has 0 bridgehead atoms. The third-order valence-corrected chi connectivity index (χ3v) is 7.91. The van der Waals surface area contributed by atoms with E-state index in [2.05, 4.69) is 0 Å². The van der Waals surface area contributed by atoms with Crippen LogP contribution in [0.3, 0.4) is 0 Å². The lowest BCUT2D eigenvalue weighted by Crippen LogP contribution is -2.32. The molecule has 0 saturated carbocycles. The van der Waals surface area contributed by atoms with Gasteiger partial charge in [-0.1, -0.05) is 12.8 Å². The summed E-state index contributed by atoms with van der Waals surface area (Å²) >= 11 is 0. The normalized spacial score (nSPS) is 15.2. The minimum Gasteiger partial charge on any atom is -0.495 e. The lowest BCUT2D eigenvalue weighted by molar-refractivity contribution is 0.0474. The van der Waals surface area contributed by atoms with Crippen molar-refractivity contribution >= 4 is 21.8 Å². The number of rotatable bonds is 7. The molecule has 9 heteroatoms. The fourth-order valence-electron chi connectivity index (χ4n) is 3.86. The summed E-state index contributed by atoms with van der Waals surface area (Å²) < 4.78 is 40.3. The predicted octanol–water partition coefficient (Wildman–Crippen LogP) is 3.25. The average Bonchev–Trinajstić information content (AvgIpc) is 2.99. The van der Waals surface area contributed by atoms with Crippen LogP contribution in [0.5, 0.6) is 5.75 Å². The molecule has 2 heterocycles. The van der Waals surface area contributed by atoms with Gasteiger partial charge in [-0.15, -0.1) is 0 Å². The molecule has 1 aromatic heterocycles. The molecular weight excluding hydrogens is 432 g/mol. The molecule has 1 aromatic carbocycles. The Balaban J connectivity index is 1.80. The number of benzene rings is 1. The second-order valence-corrected chi connectivity index (χ2v) is 9.93. The monoisotopic (exact) mass is 462 g/mol. The van der Waals surface area contributed by atoms with Crippen molar-refractivity contribution in [1.29, 1.82) is 0 Å². The van der Waals surface area contributed by atoms with Crippen molar-refractivity contribution < 1.29 is 27.5 Å². The lowest BCUT2D eigenvalue weighted by Gasteiger charge is -2.21. The molecule has 8 nitrogen and oxygen atoms in total. The van der Waals surface area contributed by atoms with E-state index in [0.717, 1.165) is 37.1 Å². The molecule has 32 heavy (non-hydrogen) atoms. The van der Waals surface area contributed by atoms with E-state index in [4.69, 9.17) is 9.47 Å². The highest BCUT2D eigenvalue weighted by atomic mass is 32.2. The third-order valence-electron chi connectivity index (χ3n) is 5.99. The zero-order chi connectivity index (χ0) is 23.5. The van der Waals surface area contributed by atoms with Gasteiger partial charge in [0.05, 0.1) is 12.7 Å². The van der Waals surface area contributed by atoms with E-state index in [9.17, 15) is 18.0 Å². The Bertz CT molecular complexity index is 1110. The van der Waals surface area contributed by atoms with Crippen molar-refractivity contribution in [2.24, 2.45) is 7.05 Å². The Kier molecular flexibility index (Phi) is 7.40. The van der Waals surface area contributed by atoms with Crippen LogP contribution in [0.15, 0.2) is 29.2 Å². The number of ketones is 1. The minimum atomic E-state index is -3.84. The average molecular weight is 463 g/mol. The molecule has 1 fully saturated rings. The zero-order valence-electron chi connectivity index (χ0n) is 19.0. The van der Waals surface area contributed by atoms with E-state index >= 15 is 0 Å². The fraction of sp³-hybridized carbons (Fsp3) is 0.478. The summed E-state index contributed by atoms with van der Waals surface area (Å²) in [5, 5.41) is 0. The smallest absolute Gasteiger partial charge is 0.338 e. The molecular formula is C23H30N2O6S. The fourth-order valence-corrected chi connectivity index (χ4v) is 5.55. The predicted molar refractivity (Wildman–Crippen MR) is 120 cm³/mol. The van der Waals surface area contributed by atoms with Crippen molar-refractivity contribution in [3.8, 4) is 5.75 Å². The number of Topliss-reactive ketones (excluding diaryl/α,β-unsaturated/α-hetero) is 1. The highest BCUT2D eigenvalue weighted by molar-refractivity contribution is 7.89. The van der Waals surface area contributed by atoms with Crippen LogP contribution >= 0.6 is 0 Å². The molecule has 1 saturated heterocycles. The van der Waals surface area contributed by atoms with Crippen molar-refractivity contribution in [2.75, 3.05) is 26.8 Å². The summed E-state index contributed by atoms with van der Waals surface area (Å²) in [7, 11) is -0.590. The van der Waals surface area contributed by atoms with E-state index in [-0.39, 0.29) is 22.0 Å². The number of hydrogen-bond acceptors (Lipinski definition) is 6. The number of aryl methyl sites for hydroxylation is 1. The summed E-state index contributed by atoms with van der Waals surface area (Å²) in [6, 6.07) is 5.90. The maximum Gasteiger partial charge on any atom is 0.338 e. The lowest BCUT2D eigenvalue weighted by atomic mass is 10.1. The van der Waals surface area contributed by atoms with Gasteiger partial charge in [-0.2, -0.15) is 4.31 Å². The molecule has 1 aliphatic rings. The summed E-state index contributed by atoms with van der Waals surface area (Å²) in [6.45, 7) is 4.16. The number of carbonyl (C=O) groups excluding carboxylic acids is 2. The number of nitrogens with zero attached hydrogens (tertiary/aromatic N) is 2. The van der Waals surface area contributed by atoms with Crippen LogP contribution in [0.25, 0.3) is 0 Å². The van der Waals surface area contributed by atoms with Gasteiger partial charge in [0.2, 0.25) is 15.8 Å². The molecule has 2 aromatic rings. The van der Waals surface area contributed by atoms with E-state index in [1.807, 2.05) is 25.5 Å². The molecule has 174 valence electrons. The number of hydrogen-bond donors (Lipinski definition) is 0. The Morgan fingerprint density at radius 1 is 1.03 bits per heavy atom. The Morgan fingerprint density at radius 2 is 1.69 bits per heavy atom. The van der Waals surface area contributed by atoms with E-state index in [1.165, 1.54) is 29.6 Å². The summed E-state index contributed by atoms with van der Waals surface area (Å²) in [5.41, 5.74) is 2.26. The standard InChI is InChI=1S/C23H30N2O6S/c1-16-13-19(17(2)24(16)3)20(26)15-31-23(27)18-9-10-21(30-4)22(14-18)32(28,29)25-11-7-5-6-8-12-25/h9-10,13-14H,5-8,11-12,15H2,1-4H3. The second kappa shape index (κ2) is 9.87. The van der Waals surface area contributed by atoms with Crippen molar-refractivity contribution in [1.82, 2.24) is 8.87 Å². The van der Waals surface area contributed by atoms with Crippen LogP contribution in [-0.2, 0) is 21.8 Å². The Hall–Kier alpha value is -2.65. The number of esters is 1. The molecule has 1 aliphatic heterocycles. The van der Waals surface area contributed by atoms with Crippen LogP contribution in [0.2, 0.25) is 0 Å². The number of methoxy groups -OCH3 is 1. The second-order valence-electron chi connectivity index (χ2n) is 8.03. The van der Waals surface area contributed by atoms with Gasteiger partial charge in [-0.05, 0) is 51.0 Å². The third kappa shape index (κ3) is 4.88. The van der Waals surface area contributed by atoms with E-state index in [0.29, 0.717) is 18.7 Å². The number of sulfonamides is 1. The van der Waals surface area contributed by atoms with Crippen LogP contribution in [0.4, 0.5) is 0 Å². The maximum absolute atomic E-state index is 13.3. The molecule has 0 amide bonds. The zero-order valence-corrected chi connectivity index (χ0v) is 19.8. The topological polar surface area (TPSA) is 94.9 Å². The van der Waals surface area contributed by atoms with Gasteiger partial charge in [-0.3, -0.25) is 4.79 Å². The first kappa shape index (κ1) is 24.0. The van der Waals surface area contributed by atoms with Crippen molar-refractivity contribution in [2.45, 2.75) is 44.4 Å². The van der Waals surface area contributed by atoms with Crippen LogP contribution in [0.1, 0.15) is 57.8 Å². The van der Waals surface area contributed by atoms with Gasteiger partial charge < -0.3 is 14.0 Å². The van der Waals surface area contributed by atoms with Gasteiger partial charge >= 0.3 is 5.97 Å². The molecule has 0 radical (unpaired) electrons. The van der Waals surface area contributed by atoms with E-state index in [1.54, 1.807) is 6.07 Å². The highest BCUT2D eigenvalue weighted by Crippen LogP contribution is 2.29. The summed E-state index contributed by atoms with van der Waals surface area (Å²) in [4.78, 5) is 25.1. The van der Waals surface area contributed by atoms with E-state index < -0.39 is 22.6 Å². The van der Waals surface area contributed by atoms with Crippen LogP contribution in [-0.4, -0.2) is 55.8 Å². The minimum absolute atomic E-state index is 0.0490. The molecule has 0 aliphatic carbocycles. The molecule has 0 N–H and O–H groups in total. The highest BCUT2D eigenvalue weighted by Gasteiger charge is 2.29. The molecule has 0 atom stereocenters. The Labute approximate surface area is 189 Å². The number of carbonyl (C=O) groups is 2. The SMILES string of the molecule is COc1ccc(C(=O)OCC(=O)c2cc(C)n(C)c2C)cc1S(=O)(=O)N1CCCCCC1. The summed E-state index contributed by atoms with van der Waals surface area (Å²) in [5.74, 6) is -0.915. The maximum atomic E-state index is 13.3. The van der Waals surface area contributed by atoms with Gasteiger partial charge in [0.25, 0.3) is 0 Å². The number of aromatic nitrogens is 1. The summed E-state index contributed by atoms with van der Waals surface area (Å²) in [6.07, 6.45) is 3.57. The van der Waals surface area contributed by atoms with Gasteiger partial charge in [-0.25, -0.2) is 13.2 Å². The van der Waals surface area contributed by atoms with Crippen molar-refractivity contribution in [3.63, 3.8) is 0 Å². The molecule has 0 spiro atoms. The quantitative estimate of drug-likeness (QED) is 0.463. The molecule has 0 unspecified atom stereocenters. The van der Waals surface area contributed by atoms with Gasteiger partial charge in [0.15, 0.2) is 6.61 Å². The Morgan fingerprint density at radius 3 is 2.25 bits per heavy atom. The first-order valence-electron chi connectivity index (χ1n) is 10.7. The molecule has 3 rings (SSSR count). The largest absolute Gasteiger partial charge is 0.495 e.